The maximum Gasteiger partial charge on any atom is 0.248 e. The first-order valence-electron chi connectivity index (χ1n) is 4.45. The van der Waals surface area contributed by atoms with Gasteiger partial charge in [0.15, 0.2) is 5.54 Å². The average molecular weight is 205 g/mol. The molecule has 0 spiro atoms. The number of hydrogen-bond acceptors (Lipinski definition) is 4. The Labute approximate surface area is 86.6 Å². The van der Waals surface area contributed by atoms with Crippen molar-refractivity contribution in [3.05, 3.63) is 42.1 Å². The second-order valence-corrected chi connectivity index (χ2v) is 3.29. The van der Waals surface area contributed by atoms with Crippen molar-refractivity contribution in [3.8, 4) is 5.75 Å². The molecule has 1 heterocycles. The van der Waals surface area contributed by atoms with Crippen LogP contribution in [0.2, 0.25) is 0 Å². The lowest BCUT2D eigenvalue weighted by Crippen LogP contribution is -2.51. The van der Waals surface area contributed by atoms with Crippen LogP contribution in [0.3, 0.4) is 0 Å². The first-order chi connectivity index (χ1) is 7.17. The van der Waals surface area contributed by atoms with Crippen molar-refractivity contribution < 1.29 is 9.90 Å². The van der Waals surface area contributed by atoms with Gasteiger partial charge in [0, 0.05) is 11.8 Å². The molecule has 0 aliphatic carbocycles. The summed E-state index contributed by atoms with van der Waals surface area (Å²) >= 11 is 0. The molecule has 1 aliphatic rings. The molecule has 0 bridgehead atoms. The van der Waals surface area contributed by atoms with Gasteiger partial charge in [0.2, 0.25) is 5.91 Å². The van der Waals surface area contributed by atoms with E-state index in [1.165, 1.54) is 6.07 Å². The summed E-state index contributed by atoms with van der Waals surface area (Å²) in [6, 6.07) is 6.56. The van der Waals surface area contributed by atoms with Gasteiger partial charge >= 0.3 is 0 Å². The molecular weight excluding hydrogens is 194 g/mol. The molecule has 78 valence electrons. The van der Waals surface area contributed by atoms with Crippen LogP contribution in [0.5, 0.6) is 5.75 Å². The van der Waals surface area contributed by atoms with Gasteiger partial charge in [-0.05, 0) is 12.1 Å². The van der Waals surface area contributed by atoms with Crippen molar-refractivity contribution in [1.82, 2.24) is 10.9 Å². The number of phenolic OH excluding ortho intramolecular Hbond substituents is 1. The smallest absolute Gasteiger partial charge is 0.248 e. The fourth-order valence-electron chi connectivity index (χ4n) is 1.60. The van der Waals surface area contributed by atoms with E-state index in [0.717, 1.165) is 0 Å². The van der Waals surface area contributed by atoms with Gasteiger partial charge in [0.25, 0.3) is 0 Å². The molecule has 1 aliphatic heterocycles. The third-order valence-corrected chi connectivity index (χ3v) is 2.40. The summed E-state index contributed by atoms with van der Waals surface area (Å²) < 4.78 is 0. The maximum absolute atomic E-state index is 11.4. The summed E-state index contributed by atoms with van der Waals surface area (Å²) in [5.41, 5.74) is 9.99. The van der Waals surface area contributed by atoms with Gasteiger partial charge in [-0.1, -0.05) is 18.2 Å². The van der Waals surface area contributed by atoms with E-state index in [9.17, 15) is 9.90 Å². The highest BCUT2D eigenvalue weighted by molar-refractivity contribution is 5.89. The zero-order valence-corrected chi connectivity index (χ0v) is 7.90. The van der Waals surface area contributed by atoms with E-state index in [-0.39, 0.29) is 5.75 Å². The van der Waals surface area contributed by atoms with Crippen molar-refractivity contribution in [2.45, 2.75) is 5.54 Å². The van der Waals surface area contributed by atoms with Crippen molar-refractivity contribution in [1.29, 1.82) is 0 Å². The molecule has 1 atom stereocenters. The topological polar surface area (TPSA) is 87.4 Å². The number of amides is 1. The first kappa shape index (κ1) is 9.54. The number of carbonyl (C=O) groups excluding carboxylic acids is 1. The Kier molecular flexibility index (Phi) is 2.09. The lowest BCUT2D eigenvalue weighted by atomic mass is 9.89. The van der Waals surface area contributed by atoms with E-state index in [0.29, 0.717) is 5.56 Å². The zero-order chi connectivity index (χ0) is 10.9. The molecule has 2 rings (SSSR count). The predicted molar refractivity (Wildman–Crippen MR) is 54.4 cm³/mol. The summed E-state index contributed by atoms with van der Waals surface area (Å²) in [6.45, 7) is 0. The second kappa shape index (κ2) is 3.29. The molecule has 0 radical (unpaired) electrons. The van der Waals surface area contributed by atoms with E-state index in [1.54, 1.807) is 30.5 Å². The predicted octanol–water partition coefficient (Wildman–Crippen LogP) is -0.306. The molecule has 15 heavy (non-hydrogen) atoms. The molecule has 1 aromatic rings. The van der Waals surface area contributed by atoms with E-state index in [1.807, 2.05) is 0 Å². The summed E-state index contributed by atoms with van der Waals surface area (Å²) in [5, 5.41) is 9.68. The van der Waals surface area contributed by atoms with Gasteiger partial charge in [-0.25, -0.2) is 5.43 Å². The first-order valence-corrected chi connectivity index (χ1v) is 4.45. The summed E-state index contributed by atoms with van der Waals surface area (Å²) in [5.74, 6) is -0.553. The summed E-state index contributed by atoms with van der Waals surface area (Å²) in [4.78, 5) is 11.4. The Hall–Kier alpha value is -2.01. The van der Waals surface area contributed by atoms with E-state index < -0.39 is 11.4 Å². The van der Waals surface area contributed by atoms with E-state index in [4.69, 9.17) is 5.73 Å². The number of hydrogen-bond donors (Lipinski definition) is 4. The van der Waals surface area contributed by atoms with Gasteiger partial charge in [0.05, 0.1) is 0 Å². The highest BCUT2D eigenvalue weighted by Crippen LogP contribution is 2.31. The van der Waals surface area contributed by atoms with Gasteiger partial charge < -0.3 is 16.3 Å². The Bertz CT molecular complexity index is 430. The quantitative estimate of drug-likeness (QED) is 0.533. The van der Waals surface area contributed by atoms with Crippen LogP contribution in [0, 0.1) is 0 Å². The van der Waals surface area contributed by atoms with Crippen molar-refractivity contribution >= 4 is 5.91 Å². The SMILES string of the molecule is NC(=O)C1(c2ccccc2O)C=CNN1. The van der Waals surface area contributed by atoms with Crippen LogP contribution < -0.4 is 16.6 Å². The number of rotatable bonds is 2. The van der Waals surface area contributed by atoms with Crippen molar-refractivity contribution in [2.75, 3.05) is 0 Å². The number of hydrazine groups is 1. The maximum atomic E-state index is 11.4. The molecule has 1 unspecified atom stereocenters. The molecule has 5 N–H and O–H groups in total. The largest absolute Gasteiger partial charge is 0.508 e. The van der Waals surface area contributed by atoms with Crippen molar-refractivity contribution in [2.24, 2.45) is 5.73 Å². The zero-order valence-electron chi connectivity index (χ0n) is 7.90. The van der Waals surface area contributed by atoms with Gasteiger partial charge in [-0.3, -0.25) is 4.79 Å². The van der Waals surface area contributed by atoms with Crippen LogP contribution in [-0.4, -0.2) is 11.0 Å². The standard InChI is InChI=1S/C10H11N3O2/c11-9(15)10(5-6-12-13-10)7-3-1-2-4-8(7)14/h1-6,12-14H,(H2,11,15). The molecule has 0 fully saturated rings. The lowest BCUT2D eigenvalue weighted by molar-refractivity contribution is -0.123. The molecule has 0 saturated carbocycles. The van der Waals surface area contributed by atoms with Crippen LogP contribution in [0.25, 0.3) is 0 Å². The molecule has 1 amide bonds. The van der Waals surface area contributed by atoms with Crippen LogP contribution >= 0.6 is 0 Å². The number of aromatic hydroxyl groups is 1. The minimum atomic E-state index is -1.18. The third-order valence-electron chi connectivity index (χ3n) is 2.40. The Balaban J connectivity index is 2.56. The minimum absolute atomic E-state index is 0.0251. The number of carbonyl (C=O) groups is 1. The lowest BCUT2D eigenvalue weighted by Gasteiger charge is -2.24. The molecule has 1 aromatic carbocycles. The normalized spacial score (nSPS) is 23.7. The number of benzene rings is 1. The van der Waals surface area contributed by atoms with Crippen LogP contribution in [0.15, 0.2) is 36.5 Å². The van der Waals surface area contributed by atoms with Crippen molar-refractivity contribution in [3.63, 3.8) is 0 Å². The Morgan fingerprint density at radius 3 is 2.67 bits per heavy atom. The van der Waals surface area contributed by atoms with Crippen LogP contribution in [0.1, 0.15) is 5.56 Å². The number of para-hydroxylation sites is 1. The molecule has 0 saturated heterocycles. The molecular formula is C10H11N3O2. The van der Waals surface area contributed by atoms with E-state index in [2.05, 4.69) is 10.9 Å². The van der Waals surface area contributed by atoms with Gasteiger partial charge in [-0.2, -0.15) is 0 Å². The molecule has 5 nitrogen and oxygen atoms in total. The fraction of sp³-hybridized carbons (Fsp3) is 0.100. The number of primary amides is 1. The Morgan fingerprint density at radius 2 is 2.13 bits per heavy atom. The minimum Gasteiger partial charge on any atom is -0.508 e. The van der Waals surface area contributed by atoms with Gasteiger partial charge in [-0.15, -0.1) is 0 Å². The third kappa shape index (κ3) is 1.33. The molecule has 5 heteroatoms. The van der Waals surface area contributed by atoms with Gasteiger partial charge in [0.1, 0.15) is 5.75 Å². The highest BCUT2D eigenvalue weighted by Gasteiger charge is 2.40. The number of phenols is 1. The molecule has 0 aromatic heterocycles. The second-order valence-electron chi connectivity index (χ2n) is 3.29. The fourth-order valence-corrected chi connectivity index (χ4v) is 1.60. The average Bonchev–Trinajstić information content (AvgIpc) is 2.68. The number of nitrogens with one attached hydrogen (secondary N) is 2. The van der Waals surface area contributed by atoms with Crippen LogP contribution in [-0.2, 0) is 10.3 Å². The highest BCUT2D eigenvalue weighted by atomic mass is 16.3. The van der Waals surface area contributed by atoms with E-state index >= 15 is 0 Å². The van der Waals surface area contributed by atoms with Crippen LogP contribution in [0.4, 0.5) is 0 Å². The monoisotopic (exact) mass is 205 g/mol. The summed E-state index contributed by atoms with van der Waals surface area (Å²) in [7, 11) is 0. The Morgan fingerprint density at radius 1 is 1.40 bits per heavy atom. The summed E-state index contributed by atoms with van der Waals surface area (Å²) in [6.07, 6.45) is 3.14. The number of nitrogens with two attached hydrogens (primary N) is 1.